The van der Waals surface area contributed by atoms with Gasteiger partial charge in [-0.15, -0.1) is 0 Å². The molecule has 0 saturated carbocycles. The Morgan fingerprint density at radius 3 is 2.50 bits per heavy atom. The van der Waals surface area contributed by atoms with E-state index in [1.165, 1.54) is 0 Å². The molecule has 2 nitrogen and oxygen atoms in total. The molecule has 0 radical (unpaired) electrons. The van der Waals surface area contributed by atoms with Crippen molar-refractivity contribution in [3.8, 4) is 0 Å². The van der Waals surface area contributed by atoms with Gasteiger partial charge in [-0.1, -0.05) is 0 Å². The summed E-state index contributed by atoms with van der Waals surface area (Å²) in [5, 5.41) is 2.89. The topological polar surface area (TPSA) is 15.3 Å². The van der Waals surface area contributed by atoms with Crippen molar-refractivity contribution in [2.75, 3.05) is 19.6 Å². The van der Waals surface area contributed by atoms with Crippen LogP contribution in [0.5, 0.6) is 0 Å². The Labute approximate surface area is 84.7 Å². The molecule has 0 aromatic carbocycles. The molecule has 84 valence electrons. The number of likely N-dealkylation sites (tertiary alicyclic amines) is 1. The molecular formula is C10H20F2N2. The SMILES string of the molecule is CC(C)(C)N1CCC(NCC(F)F)C1. The van der Waals surface area contributed by atoms with E-state index in [4.69, 9.17) is 0 Å². The van der Waals surface area contributed by atoms with Crippen LogP contribution in [0.3, 0.4) is 0 Å². The molecule has 0 aromatic heterocycles. The van der Waals surface area contributed by atoms with Crippen LogP contribution in [0.2, 0.25) is 0 Å². The highest BCUT2D eigenvalue weighted by Crippen LogP contribution is 2.20. The van der Waals surface area contributed by atoms with Gasteiger partial charge < -0.3 is 5.32 Å². The first-order valence-corrected chi connectivity index (χ1v) is 5.16. The van der Waals surface area contributed by atoms with Crippen LogP contribution in [0, 0.1) is 0 Å². The lowest BCUT2D eigenvalue weighted by molar-refractivity contribution is 0.137. The van der Waals surface area contributed by atoms with Crippen molar-refractivity contribution in [3.05, 3.63) is 0 Å². The monoisotopic (exact) mass is 206 g/mol. The van der Waals surface area contributed by atoms with Crippen molar-refractivity contribution in [3.63, 3.8) is 0 Å². The van der Waals surface area contributed by atoms with Gasteiger partial charge in [0.05, 0.1) is 6.54 Å². The molecule has 0 spiro atoms. The van der Waals surface area contributed by atoms with Gasteiger partial charge >= 0.3 is 0 Å². The summed E-state index contributed by atoms with van der Waals surface area (Å²) in [7, 11) is 0. The molecule has 1 N–H and O–H groups in total. The summed E-state index contributed by atoms with van der Waals surface area (Å²) in [5.41, 5.74) is 0.154. The fourth-order valence-corrected chi connectivity index (χ4v) is 1.79. The minimum Gasteiger partial charge on any atom is -0.307 e. The van der Waals surface area contributed by atoms with E-state index in [1.807, 2.05) is 0 Å². The third-order valence-electron chi connectivity index (χ3n) is 2.70. The lowest BCUT2D eigenvalue weighted by Gasteiger charge is -2.31. The van der Waals surface area contributed by atoms with Gasteiger partial charge in [0.15, 0.2) is 0 Å². The second kappa shape index (κ2) is 4.53. The summed E-state index contributed by atoms with van der Waals surface area (Å²) >= 11 is 0. The first kappa shape index (κ1) is 11.9. The lowest BCUT2D eigenvalue weighted by Crippen LogP contribution is -2.42. The number of hydrogen-bond donors (Lipinski definition) is 1. The molecule has 1 aliphatic rings. The van der Waals surface area contributed by atoms with E-state index in [2.05, 4.69) is 31.0 Å². The van der Waals surface area contributed by atoms with Crippen LogP contribution in [0.15, 0.2) is 0 Å². The molecular weight excluding hydrogens is 186 g/mol. The Hall–Kier alpha value is -0.220. The van der Waals surface area contributed by atoms with Gasteiger partial charge in [-0.3, -0.25) is 4.90 Å². The maximum atomic E-state index is 11.9. The second-order valence-electron chi connectivity index (χ2n) is 4.90. The molecule has 14 heavy (non-hydrogen) atoms. The van der Waals surface area contributed by atoms with Crippen molar-refractivity contribution in [1.29, 1.82) is 0 Å². The predicted octanol–water partition coefficient (Wildman–Crippen LogP) is 1.71. The maximum Gasteiger partial charge on any atom is 0.250 e. The molecule has 4 heteroatoms. The largest absolute Gasteiger partial charge is 0.307 e. The smallest absolute Gasteiger partial charge is 0.250 e. The number of nitrogens with zero attached hydrogens (tertiary/aromatic N) is 1. The van der Waals surface area contributed by atoms with Crippen LogP contribution >= 0.6 is 0 Å². The van der Waals surface area contributed by atoms with E-state index >= 15 is 0 Å². The van der Waals surface area contributed by atoms with Gasteiger partial charge in [0, 0.05) is 24.7 Å². The van der Waals surface area contributed by atoms with Crippen molar-refractivity contribution >= 4 is 0 Å². The maximum absolute atomic E-state index is 11.9. The average molecular weight is 206 g/mol. The minimum atomic E-state index is -2.24. The van der Waals surface area contributed by atoms with Crippen LogP contribution in [-0.4, -0.2) is 42.5 Å². The van der Waals surface area contributed by atoms with E-state index in [9.17, 15) is 8.78 Å². The number of alkyl halides is 2. The van der Waals surface area contributed by atoms with Crippen LogP contribution in [-0.2, 0) is 0 Å². The lowest BCUT2D eigenvalue weighted by atomic mass is 10.1. The highest BCUT2D eigenvalue weighted by Gasteiger charge is 2.29. The zero-order valence-electron chi connectivity index (χ0n) is 9.19. The summed E-state index contributed by atoms with van der Waals surface area (Å²) in [6.07, 6.45) is -1.26. The summed E-state index contributed by atoms with van der Waals surface area (Å²) in [6, 6.07) is 0.239. The summed E-state index contributed by atoms with van der Waals surface area (Å²) in [4.78, 5) is 2.33. The molecule has 1 rings (SSSR count). The zero-order valence-corrected chi connectivity index (χ0v) is 9.19. The molecule has 1 fully saturated rings. The van der Waals surface area contributed by atoms with E-state index in [-0.39, 0.29) is 18.1 Å². The average Bonchev–Trinajstić information content (AvgIpc) is 2.47. The fraction of sp³-hybridized carbons (Fsp3) is 1.00. The van der Waals surface area contributed by atoms with Gasteiger partial charge in [-0.25, -0.2) is 8.78 Å². The van der Waals surface area contributed by atoms with Crippen LogP contribution < -0.4 is 5.32 Å². The third-order valence-corrected chi connectivity index (χ3v) is 2.70. The third kappa shape index (κ3) is 3.50. The quantitative estimate of drug-likeness (QED) is 0.756. The number of rotatable bonds is 3. The zero-order chi connectivity index (χ0) is 10.8. The van der Waals surface area contributed by atoms with E-state index in [0.717, 1.165) is 19.5 Å². The molecule has 0 aliphatic carbocycles. The highest BCUT2D eigenvalue weighted by molar-refractivity contribution is 4.88. The Kier molecular flexibility index (Phi) is 3.84. The van der Waals surface area contributed by atoms with Crippen molar-refractivity contribution in [2.45, 2.75) is 45.2 Å². The first-order valence-electron chi connectivity index (χ1n) is 5.16. The van der Waals surface area contributed by atoms with Crippen LogP contribution in [0.4, 0.5) is 8.78 Å². The summed E-state index contributed by atoms with van der Waals surface area (Å²) in [6.45, 7) is 8.18. The van der Waals surface area contributed by atoms with E-state index in [1.54, 1.807) is 0 Å². The van der Waals surface area contributed by atoms with Gasteiger partial charge in [0.2, 0.25) is 0 Å². The molecule has 1 atom stereocenters. The van der Waals surface area contributed by atoms with Crippen LogP contribution in [0.1, 0.15) is 27.2 Å². The van der Waals surface area contributed by atoms with E-state index in [0.29, 0.717) is 0 Å². The van der Waals surface area contributed by atoms with Gasteiger partial charge in [-0.05, 0) is 27.2 Å². The van der Waals surface area contributed by atoms with E-state index < -0.39 is 6.43 Å². The highest BCUT2D eigenvalue weighted by atomic mass is 19.3. The van der Waals surface area contributed by atoms with Gasteiger partial charge in [-0.2, -0.15) is 0 Å². The van der Waals surface area contributed by atoms with Crippen molar-refractivity contribution < 1.29 is 8.78 Å². The minimum absolute atomic E-state index is 0.154. The van der Waals surface area contributed by atoms with Crippen LogP contribution in [0.25, 0.3) is 0 Å². The molecule has 1 saturated heterocycles. The number of nitrogens with one attached hydrogen (secondary N) is 1. The Morgan fingerprint density at radius 2 is 2.07 bits per heavy atom. The Balaban J connectivity index is 2.27. The molecule has 0 amide bonds. The Bertz CT molecular complexity index is 177. The van der Waals surface area contributed by atoms with Gasteiger partial charge in [0.1, 0.15) is 0 Å². The van der Waals surface area contributed by atoms with Gasteiger partial charge in [0.25, 0.3) is 6.43 Å². The molecule has 1 aliphatic heterocycles. The molecule has 0 aromatic rings. The standard InChI is InChI=1S/C10H20F2N2/c1-10(2,3)14-5-4-8(7-14)13-6-9(11)12/h8-9,13H,4-7H2,1-3H3. The predicted molar refractivity (Wildman–Crippen MR) is 53.7 cm³/mol. The van der Waals surface area contributed by atoms with Crippen molar-refractivity contribution in [2.24, 2.45) is 0 Å². The molecule has 1 unspecified atom stereocenters. The first-order chi connectivity index (χ1) is 6.39. The number of hydrogen-bond acceptors (Lipinski definition) is 2. The fourth-order valence-electron chi connectivity index (χ4n) is 1.79. The molecule has 1 heterocycles. The second-order valence-corrected chi connectivity index (χ2v) is 4.90. The molecule has 0 bridgehead atoms. The summed E-state index contributed by atoms with van der Waals surface area (Å²) < 4.78 is 23.9. The number of halogens is 2. The Morgan fingerprint density at radius 1 is 1.43 bits per heavy atom. The normalized spacial score (nSPS) is 24.9. The summed E-state index contributed by atoms with van der Waals surface area (Å²) in [5.74, 6) is 0. The van der Waals surface area contributed by atoms with Crippen molar-refractivity contribution in [1.82, 2.24) is 10.2 Å².